The summed E-state index contributed by atoms with van der Waals surface area (Å²) in [6.45, 7) is 2.41. The second-order valence-corrected chi connectivity index (χ2v) is 4.43. The van der Waals surface area contributed by atoms with Gasteiger partial charge < -0.3 is 10.6 Å². The average molecular weight is 226 g/mol. The van der Waals surface area contributed by atoms with Crippen LogP contribution in [-0.2, 0) is 0 Å². The fourth-order valence-electron chi connectivity index (χ4n) is 2.20. The molecule has 0 radical (unpaired) electrons. The molecule has 2 rings (SSSR count). The van der Waals surface area contributed by atoms with Crippen LogP contribution >= 0.6 is 0 Å². The number of piperidine rings is 1. The first-order chi connectivity index (χ1) is 7.48. The van der Waals surface area contributed by atoms with E-state index in [1.54, 1.807) is 11.0 Å². The predicted molar refractivity (Wildman–Crippen MR) is 62.0 cm³/mol. The SMILES string of the molecule is Cc1cc(N)ccc1N1CCCC(F)(F)C1. The second-order valence-electron chi connectivity index (χ2n) is 4.43. The van der Waals surface area contributed by atoms with Gasteiger partial charge in [-0.3, -0.25) is 0 Å². The van der Waals surface area contributed by atoms with Gasteiger partial charge in [-0.2, -0.15) is 0 Å². The summed E-state index contributed by atoms with van der Waals surface area (Å²) in [5.74, 6) is -2.56. The number of hydrogen-bond donors (Lipinski definition) is 1. The fraction of sp³-hybridized carbons (Fsp3) is 0.500. The lowest BCUT2D eigenvalue weighted by molar-refractivity contribution is -0.0116. The van der Waals surface area contributed by atoms with Crippen molar-refractivity contribution in [2.45, 2.75) is 25.7 Å². The van der Waals surface area contributed by atoms with Crippen LogP contribution in [0.25, 0.3) is 0 Å². The lowest BCUT2D eigenvalue weighted by atomic mass is 10.0. The van der Waals surface area contributed by atoms with Gasteiger partial charge in [-0.05, 0) is 37.1 Å². The Morgan fingerprint density at radius 1 is 1.38 bits per heavy atom. The molecule has 1 saturated heterocycles. The van der Waals surface area contributed by atoms with Crippen molar-refractivity contribution in [3.8, 4) is 0 Å². The number of benzene rings is 1. The van der Waals surface area contributed by atoms with E-state index < -0.39 is 5.92 Å². The number of nitrogen functional groups attached to an aromatic ring is 1. The number of hydrogen-bond acceptors (Lipinski definition) is 2. The normalized spacial score (nSPS) is 19.8. The monoisotopic (exact) mass is 226 g/mol. The number of nitrogens with zero attached hydrogens (tertiary/aromatic N) is 1. The summed E-state index contributed by atoms with van der Waals surface area (Å²) in [7, 11) is 0. The largest absolute Gasteiger partial charge is 0.399 e. The Labute approximate surface area is 94.0 Å². The highest BCUT2D eigenvalue weighted by Gasteiger charge is 2.35. The van der Waals surface area contributed by atoms with E-state index in [-0.39, 0.29) is 13.0 Å². The van der Waals surface area contributed by atoms with Crippen molar-refractivity contribution in [3.63, 3.8) is 0 Å². The number of aryl methyl sites for hydroxylation is 1. The van der Waals surface area contributed by atoms with Crippen molar-refractivity contribution in [3.05, 3.63) is 23.8 Å². The highest BCUT2D eigenvalue weighted by molar-refractivity contribution is 5.59. The van der Waals surface area contributed by atoms with Gasteiger partial charge in [0.15, 0.2) is 0 Å². The Kier molecular flexibility index (Phi) is 2.74. The van der Waals surface area contributed by atoms with Gasteiger partial charge in [-0.15, -0.1) is 0 Å². The van der Waals surface area contributed by atoms with Crippen molar-refractivity contribution in [2.24, 2.45) is 0 Å². The Bertz CT molecular complexity index is 391. The molecule has 1 aliphatic heterocycles. The van der Waals surface area contributed by atoms with Crippen molar-refractivity contribution in [2.75, 3.05) is 23.7 Å². The van der Waals surface area contributed by atoms with Crippen molar-refractivity contribution in [1.82, 2.24) is 0 Å². The highest BCUT2D eigenvalue weighted by Crippen LogP contribution is 2.31. The molecular weight excluding hydrogens is 210 g/mol. The summed E-state index contributed by atoms with van der Waals surface area (Å²) in [5, 5.41) is 0. The Hall–Kier alpha value is -1.32. The summed E-state index contributed by atoms with van der Waals surface area (Å²) in [4.78, 5) is 1.75. The van der Waals surface area contributed by atoms with Crippen LogP contribution in [0.1, 0.15) is 18.4 Å². The van der Waals surface area contributed by atoms with Crippen LogP contribution in [0.5, 0.6) is 0 Å². The van der Waals surface area contributed by atoms with Gasteiger partial charge in [0, 0.05) is 24.3 Å². The van der Waals surface area contributed by atoms with Gasteiger partial charge in [-0.1, -0.05) is 0 Å². The van der Waals surface area contributed by atoms with Crippen molar-refractivity contribution in [1.29, 1.82) is 0 Å². The lowest BCUT2D eigenvalue weighted by Gasteiger charge is -2.35. The molecule has 1 fully saturated rings. The first kappa shape index (κ1) is 11.2. The fourth-order valence-corrected chi connectivity index (χ4v) is 2.20. The molecule has 4 heteroatoms. The number of rotatable bonds is 1. The number of nitrogens with two attached hydrogens (primary N) is 1. The zero-order valence-corrected chi connectivity index (χ0v) is 9.34. The predicted octanol–water partition coefficient (Wildman–Crippen LogP) is 2.81. The van der Waals surface area contributed by atoms with Crippen LogP contribution in [0.15, 0.2) is 18.2 Å². The molecule has 1 aliphatic rings. The average Bonchev–Trinajstić information content (AvgIpc) is 2.15. The molecule has 1 aromatic carbocycles. The first-order valence-electron chi connectivity index (χ1n) is 5.47. The zero-order chi connectivity index (χ0) is 11.8. The van der Waals surface area contributed by atoms with Crippen LogP contribution in [0.3, 0.4) is 0 Å². The molecule has 0 aliphatic carbocycles. The molecule has 88 valence electrons. The maximum absolute atomic E-state index is 13.3. The molecule has 16 heavy (non-hydrogen) atoms. The smallest absolute Gasteiger partial charge is 0.265 e. The molecule has 2 N–H and O–H groups in total. The zero-order valence-electron chi connectivity index (χ0n) is 9.34. The minimum absolute atomic E-state index is 0.00246. The number of halogens is 2. The Morgan fingerprint density at radius 3 is 2.75 bits per heavy atom. The van der Waals surface area contributed by atoms with E-state index in [0.29, 0.717) is 18.7 Å². The van der Waals surface area contributed by atoms with Gasteiger partial charge in [0.2, 0.25) is 0 Å². The van der Waals surface area contributed by atoms with Crippen molar-refractivity contribution < 1.29 is 8.78 Å². The quantitative estimate of drug-likeness (QED) is 0.746. The standard InChI is InChI=1S/C12H16F2N2/c1-9-7-10(15)3-4-11(9)16-6-2-5-12(13,14)8-16/h3-4,7H,2,5-6,8,15H2,1H3. The molecular formula is C12H16F2N2. The molecule has 2 nitrogen and oxygen atoms in total. The summed E-state index contributed by atoms with van der Waals surface area (Å²) < 4.78 is 26.6. The van der Waals surface area contributed by atoms with Crippen LogP contribution in [-0.4, -0.2) is 19.0 Å². The molecule has 0 bridgehead atoms. The van der Waals surface area contributed by atoms with E-state index in [4.69, 9.17) is 5.73 Å². The van der Waals surface area contributed by atoms with Crippen LogP contribution < -0.4 is 10.6 Å². The van der Waals surface area contributed by atoms with Gasteiger partial charge in [0.25, 0.3) is 5.92 Å². The van der Waals surface area contributed by atoms with Gasteiger partial charge in [0.05, 0.1) is 6.54 Å². The van der Waals surface area contributed by atoms with Gasteiger partial charge in [-0.25, -0.2) is 8.78 Å². The van der Waals surface area contributed by atoms with Crippen LogP contribution in [0, 0.1) is 6.92 Å². The van der Waals surface area contributed by atoms with E-state index in [9.17, 15) is 8.78 Å². The summed E-state index contributed by atoms with van der Waals surface area (Å²) in [6, 6.07) is 5.41. The van der Waals surface area contributed by atoms with Gasteiger partial charge in [0.1, 0.15) is 0 Å². The lowest BCUT2D eigenvalue weighted by Crippen LogP contribution is -2.42. The minimum Gasteiger partial charge on any atom is -0.399 e. The Balaban J connectivity index is 2.23. The van der Waals surface area contributed by atoms with Gasteiger partial charge >= 0.3 is 0 Å². The third-order valence-electron chi connectivity index (χ3n) is 2.95. The van der Waals surface area contributed by atoms with Crippen molar-refractivity contribution >= 4 is 11.4 Å². The van der Waals surface area contributed by atoms with Crippen LogP contribution in [0.2, 0.25) is 0 Å². The summed E-state index contributed by atoms with van der Waals surface area (Å²) in [5.41, 5.74) is 8.14. The topological polar surface area (TPSA) is 29.3 Å². The highest BCUT2D eigenvalue weighted by atomic mass is 19.3. The Morgan fingerprint density at radius 2 is 2.12 bits per heavy atom. The third kappa shape index (κ3) is 2.26. The number of alkyl halides is 2. The molecule has 0 spiro atoms. The molecule has 1 heterocycles. The summed E-state index contributed by atoms with van der Waals surface area (Å²) >= 11 is 0. The number of anilines is 2. The maximum atomic E-state index is 13.3. The molecule has 0 atom stereocenters. The minimum atomic E-state index is -2.56. The maximum Gasteiger partial charge on any atom is 0.265 e. The van der Waals surface area contributed by atoms with E-state index in [2.05, 4.69) is 0 Å². The molecule has 0 unspecified atom stereocenters. The molecule has 0 amide bonds. The molecule has 0 saturated carbocycles. The molecule has 1 aromatic rings. The summed E-state index contributed by atoms with van der Waals surface area (Å²) in [6.07, 6.45) is 0.536. The van der Waals surface area contributed by atoms with Crippen LogP contribution in [0.4, 0.5) is 20.2 Å². The first-order valence-corrected chi connectivity index (χ1v) is 5.47. The van der Waals surface area contributed by atoms with E-state index >= 15 is 0 Å². The second kappa shape index (κ2) is 3.92. The third-order valence-corrected chi connectivity index (χ3v) is 2.95. The van der Waals surface area contributed by atoms with E-state index in [1.165, 1.54) is 0 Å². The molecule has 0 aromatic heterocycles. The van der Waals surface area contributed by atoms with E-state index in [1.807, 2.05) is 19.1 Å². The van der Waals surface area contributed by atoms with E-state index in [0.717, 1.165) is 11.3 Å².